The number of benzene rings is 2. The number of nitriles is 1. The van der Waals surface area contributed by atoms with Gasteiger partial charge < -0.3 is 24.0 Å². The molecule has 3 atom stereocenters. The van der Waals surface area contributed by atoms with Crippen molar-refractivity contribution in [3.8, 4) is 23.3 Å². The molecule has 0 saturated carbocycles. The Morgan fingerprint density at radius 2 is 1.96 bits per heavy atom. The minimum atomic E-state index is -0.628. The number of carbonyl (C=O) groups is 1. The van der Waals surface area contributed by atoms with Crippen LogP contribution < -0.4 is 9.64 Å². The van der Waals surface area contributed by atoms with Gasteiger partial charge in [0.1, 0.15) is 23.6 Å². The zero-order chi connectivity index (χ0) is 33.8. The van der Waals surface area contributed by atoms with Gasteiger partial charge in [-0.1, -0.05) is 48.0 Å². The molecule has 0 spiro atoms. The molecule has 6 rings (SSSR count). The van der Waals surface area contributed by atoms with Crippen molar-refractivity contribution in [2.45, 2.75) is 31.0 Å². The summed E-state index contributed by atoms with van der Waals surface area (Å²) in [5.74, 6) is -0.412. The first kappa shape index (κ1) is 33.5. The molecular formula is C35H37ClFN7O4. The third kappa shape index (κ3) is 6.77. The van der Waals surface area contributed by atoms with E-state index < -0.39 is 11.9 Å². The lowest BCUT2D eigenvalue weighted by molar-refractivity contribution is -0.128. The second-order valence-corrected chi connectivity index (χ2v) is 12.4. The van der Waals surface area contributed by atoms with E-state index in [1.807, 2.05) is 36.2 Å². The molecule has 0 aliphatic carbocycles. The monoisotopic (exact) mass is 673 g/mol. The van der Waals surface area contributed by atoms with Gasteiger partial charge in [0.25, 0.3) is 0 Å². The number of halogens is 2. The largest absolute Gasteiger partial charge is 0.462 e. The summed E-state index contributed by atoms with van der Waals surface area (Å²) in [6.45, 7) is 2.38. The third-order valence-corrected chi connectivity index (χ3v) is 9.37. The highest BCUT2D eigenvalue weighted by Gasteiger charge is 2.33. The fourth-order valence-electron chi connectivity index (χ4n) is 6.53. The van der Waals surface area contributed by atoms with Crippen LogP contribution in [0.4, 0.5) is 10.2 Å². The number of fused-ring (bicyclic) bond motifs is 2. The smallest absolute Gasteiger partial charge is 0.319 e. The molecule has 48 heavy (non-hydrogen) atoms. The Bertz CT molecular complexity index is 1880. The highest BCUT2D eigenvalue weighted by molar-refractivity contribution is 6.36. The topological polar surface area (TPSA) is 117 Å². The molecule has 0 unspecified atom stereocenters. The summed E-state index contributed by atoms with van der Waals surface area (Å²) >= 11 is 6.60. The van der Waals surface area contributed by atoms with E-state index in [2.05, 4.69) is 20.9 Å². The molecular weight excluding hydrogens is 637 g/mol. The molecule has 4 heterocycles. The molecule has 2 saturated heterocycles. The minimum Gasteiger partial charge on any atom is -0.462 e. The summed E-state index contributed by atoms with van der Waals surface area (Å²) < 4.78 is 33.5. The highest BCUT2D eigenvalue weighted by Crippen LogP contribution is 2.37. The van der Waals surface area contributed by atoms with Gasteiger partial charge in [-0.05, 0) is 24.9 Å². The van der Waals surface area contributed by atoms with Gasteiger partial charge in [0.05, 0.1) is 36.6 Å². The van der Waals surface area contributed by atoms with Crippen LogP contribution in [0.25, 0.3) is 32.9 Å². The summed E-state index contributed by atoms with van der Waals surface area (Å²) in [7, 11) is 5.25. The van der Waals surface area contributed by atoms with Crippen molar-refractivity contribution < 1.29 is 23.4 Å². The number of anilines is 1. The number of amides is 1. The van der Waals surface area contributed by atoms with Crippen LogP contribution in [0.3, 0.4) is 0 Å². The maximum absolute atomic E-state index is 16.7. The summed E-state index contributed by atoms with van der Waals surface area (Å²) in [4.78, 5) is 32.8. The summed E-state index contributed by atoms with van der Waals surface area (Å²) in [5.41, 5.74) is 0.702. The lowest BCUT2D eigenvalue weighted by Gasteiger charge is -2.41. The van der Waals surface area contributed by atoms with E-state index in [1.165, 1.54) is 6.08 Å². The van der Waals surface area contributed by atoms with Crippen LogP contribution in [0.5, 0.6) is 6.01 Å². The Morgan fingerprint density at radius 1 is 1.15 bits per heavy atom. The second-order valence-electron chi connectivity index (χ2n) is 12.0. The molecule has 2 fully saturated rings. The van der Waals surface area contributed by atoms with Gasteiger partial charge in [-0.2, -0.15) is 15.2 Å². The van der Waals surface area contributed by atoms with E-state index in [1.54, 1.807) is 43.5 Å². The number of hydrogen-bond donors (Lipinski definition) is 0. The molecule has 2 aliphatic heterocycles. The van der Waals surface area contributed by atoms with Gasteiger partial charge in [0.15, 0.2) is 5.82 Å². The molecule has 13 heteroatoms. The van der Waals surface area contributed by atoms with Crippen LogP contribution in [-0.4, -0.2) is 110 Å². The third-order valence-electron chi connectivity index (χ3n) is 9.06. The van der Waals surface area contributed by atoms with Crippen molar-refractivity contribution in [2.75, 3.05) is 65.6 Å². The normalized spacial score (nSPS) is 20.2. The van der Waals surface area contributed by atoms with Crippen molar-refractivity contribution in [1.29, 1.82) is 5.26 Å². The molecule has 0 radical (unpaired) electrons. The molecule has 2 aliphatic rings. The van der Waals surface area contributed by atoms with E-state index >= 15 is 4.39 Å². The van der Waals surface area contributed by atoms with Crippen LogP contribution in [0.1, 0.15) is 12.8 Å². The van der Waals surface area contributed by atoms with Crippen molar-refractivity contribution in [3.05, 3.63) is 65.6 Å². The number of aromatic nitrogens is 3. The van der Waals surface area contributed by atoms with Crippen LogP contribution in [0.2, 0.25) is 5.02 Å². The van der Waals surface area contributed by atoms with E-state index in [4.69, 9.17) is 30.8 Å². The summed E-state index contributed by atoms with van der Waals surface area (Å²) in [5, 5.41) is 12.1. The van der Waals surface area contributed by atoms with Gasteiger partial charge in [-0.25, -0.2) is 4.39 Å². The Labute approximate surface area is 283 Å². The Morgan fingerprint density at radius 3 is 2.71 bits per heavy atom. The first-order chi connectivity index (χ1) is 23.3. The maximum Gasteiger partial charge on any atom is 0.319 e. The Kier molecular flexibility index (Phi) is 10.3. The molecule has 1 amide bonds. The number of pyridine rings is 1. The van der Waals surface area contributed by atoms with Gasteiger partial charge in [0, 0.05) is 74.7 Å². The van der Waals surface area contributed by atoms with Crippen LogP contribution >= 0.6 is 11.6 Å². The standard InChI is InChI=1S/C35H37ClFN7O4/c1-42-20-25(47-3)17-24(42)21-48-35-40-33-27(18-39-32(31(33)37)26-9-4-7-22-8-5-10-28(36)30(22)26)34(41-35)43-14-15-44(23(19-43)12-13-38)29(45)11-6-16-46-2/h4-11,18,23-25H,12,14-17,19-21H2,1-3H3/b11-6+/t23-,24-,25+/m0/s1. The number of carbonyl (C=O) groups excluding carboxylic acids is 1. The fraction of sp³-hybridized carbons (Fsp3) is 0.400. The molecule has 250 valence electrons. The van der Waals surface area contributed by atoms with Crippen LogP contribution in [0, 0.1) is 17.1 Å². The van der Waals surface area contributed by atoms with Gasteiger partial charge in [-0.3, -0.25) is 14.7 Å². The van der Waals surface area contributed by atoms with Crippen molar-refractivity contribution in [2.24, 2.45) is 0 Å². The first-order valence-corrected chi connectivity index (χ1v) is 16.2. The highest BCUT2D eigenvalue weighted by atomic mass is 35.5. The Hall–Kier alpha value is -4.41. The van der Waals surface area contributed by atoms with E-state index in [-0.39, 0.29) is 48.3 Å². The van der Waals surface area contributed by atoms with Gasteiger partial charge in [-0.15, -0.1) is 0 Å². The predicted molar refractivity (Wildman–Crippen MR) is 182 cm³/mol. The zero-order valence-corrected chi connectivity index (χ0v) is 27.9. The minimum absolute atomic E-state index is 0.0246. The van der Waals surface area contributed by atoms with Gasteiger partial charge >= 0.3 is 6.01 Å². The number of likely N-dealkylation sites (N-methyl/N-ethyl adjacent to an activating group) is 1. The quantitative estimate of drug-likeness (QED) is 0.216. The molecule has 0 bridgehead atoms. The maximum atomic E-state index is 16.7. The Balaban J connectivity index is 1.40. The second kappa shape index (κ2) is 14.8. The average molecular weight is 674 g/mol. The fourth-order valence-corrected chi connectivity index (χ4v) is 6.82. The zero-order valence-electron chi connectivity index (χ0n) is 27.1. The molecule has 2 aromatic carbocycles. The first-order valence-electron chi connectivity index (χ1n) is 15.8. The lowest BCUT2D eigenvalue weighted by Crippen LogP contribution is -2.55. The molecule has 4 aromatic rings. The summed E-state index contributed by atoms with van der Waals surface area (Å²) in [6.07, 6.45) is 5.66. The molecule has 11 nitrogen and oxygen atoms in total. The van der Waals surface area contributed by atoms with Crippen molar-refractivity contribution in [3.63, 3.8) is 0 Å². The van der Waals surface area contributed by atoms with E-state index in [0.29, 0.717) is 53.4 Å². The SMILES string of the molecule is COC/C=C/C(=O)N1CCN(c2nc(OC[C@@H]3C[C@@H](OC)CN3C)nc3c(F)c(-c4cccc5cccc(Cl)c45)ncc23)C[C@@H]1CC#N. The van der Waals surface area contributed by atoms with Gasteiger partial charge in [0.2, 0.25) is 5.91 Å². The number of nitrogens with zero attached hydrogens (tertiary/aromatic N) is 7. The number of methoxy groups -OCH3 is 2. The summed E-state index contributed by atoms with van der Waals surface area (Å²) in [6, 6.07) is 12.9. The average Bonchev–Trinajstić information content (AvgIpc) is 3.46. The number of hydrogen-bond acceptors (Lipinski definition) is 10. The predicted octanol–water partition coefficient (Wildman–Crippen LogP) is 4.87. The number of piperazine rings is 1. The molecule has 0 N–H and O–H groups in total. The number of rotatable bonds is 10. The number of likely N-dealkylation sites (tertiary alicyclic amines) is 1. The van der Waals surface area contributed by atoms with Crippen LogP contribution in [-0.2, 0) is 14.3 Å². The van der Waals surface area contributed by atoms with Crippen molar-refractivity contribution >= 4 is 45.0 Å². The van der Waals surface area contributed by atoms with Crippen LogP contribution in [0.15, 0.2) is 54.7 Å². The number of ether oxygens (including phenoxy) is 3. The van der Waals surface area contributed by atoms with E-state index in [9.17, 15) is 10.1 Å². The van der Waals surface area contributed by atoms with Crippen molar-refractivity contribution in [1.82, 2.24) is 24.8 Å². The van der Waals surface area contributed by atoms with E-state index in [0.717, 1.165) is 18.4 Å². The lowest BCUT2D eigenvalue weighted by atomic mass is 10.0. The molecule has 2 aromatic heterocycles.